The van der Waals surface area contributed by atoms with Gasteiger partial charge in [0.1, 0.15) is 0 Å². The van der Waals surface area contributed by atoms with Crippen molar-refractivity contribution in [2.24, 2.45) is 5.92 Å². The highest BCUT2D eigenvalue weighted by Gasteiger charge is 2.24. The van der Waals surface area contributed by atoms with E-state index in [1.165, 1.54) is 0 Å². The van der Waals surface area contributed by atoms with Crippen molar-refractivity contribution in [3.63, 3.8) is 0 Å². The number of carbonyl (C=O) groups excluding carboxylic acids is 1. The number of nitrogens with zero attached hydrogens (tertiary/aromatic N) is 1. The minimum absolute atomic E-state index is 0.0227. The van der Waals surface area contributed by atoms with Crippen LogP contribution in [0.5, 0.6) is 0 Å². The maximum Gasteiger partial charge on any atom is 0.303 e. The van der Waals surface area contributed by atoms with Gasteiger partial charge in [0.15, 0.2) is 0 Å². The fraction of sp³-hybridized carbons (Fsp3) is 0.846. The molecule has 0 spiro atoms. The quantitative estimate of drug-likeness (QED) is 0.772. The largest absolute Gasteiger partial charge is 0.481 e. The molecule has 0 aromatic carbocycles. The van der Waals surface area contributed by atoms with Crippen LogP contribution in [0.1, 0.15) is 39.5 Å². The van der Waals surface area contributed by atoms with Gasteiger partial charge in [0.2, 0.25) is 5.91 Å². The summed E-state index contributed by atoms with van der Waals surface area (Å²) in [7, 11) is 2.09. The Morgan fingerprint density at radius 1 is 1.44 bits per heavy atom. The first-order chi connectivity index (χ1) is 8.38. The number of piperidine rings is 1. The maximum absolute atomic E-state index is 11.8. The lowest BCUT2D eigenvalue weighted by atomic mass is 9.98. The van der Waals surface area contributed by atoms with Gasteiger partial charge in [0.25, 0.3) is 0 Å². The van der Waals surface area contributed by atoms with Gasteiger partial charge >= 0.3 is 5.97 Å². The molecule has 1 saturated heterocycles. The van der Waals surface area contributed by atoms with Crippen molar-refractivity contribution in [1.82, 2.24) is 10.2 Å². The van der Waals surface area contributed by atoms with Gasteiger partial charge in [-0.3, -0.25) is 9.59 Å². The molecule has 0 aromatic rings. The molecule has 0 aromatic heterocycles. The molecule has 1 heterocycles. The number of carboxylic acid groups (broad SMARTS) is 1. The first-order valence-corrected chi connectivity index (χ1v) is 6.60. The molecule has 1 rings (SSSR count). The van der Waals surface area contributed by atoms with Crippen LogP contribution >= 0.6 is 0 Å². The summed E-state index contributed by atoms with van der Waals surface area (Å²) in [5.74, 6) is -0.972. The number of likely N-dealkylation sites (tertiary alicyclic amines) is 1. The van der Waals surface area contributed by atoms with Gasteiger partial charge in [-0.15, -0.1) is 0 Å². The summed E-state index contributed by atoms with van der Waals surface area (Å²) in [6.45, 7) is 4.95. The van der Waals surface area contributed by atoms with E-state index < -0.39 is 5.97 Å². The second-order valence-corrected chi connectivity index (χ2v) is 5.53. The third-order valence-electron chi connectivity index (χ3n) is 3.63. The molecule has 104 valence electrons. The number of carbonyl (C=O) groups is 2. The number of hydrogen-bond acceptors (Lipinski definition) is 3. The van der Waals surface area contributed by atoms with Crippen LogP contribution in [0.2, 0.25) is 0 Å². The van der Waals surface area contributed by atoms with Crippen molar-refractivity contribution >= 4 is 11.9 Å². The number of amides is 1. The first-order valence-electron chi connectivity index (χ1n) is 6.60. The summed E-state index contributed by atoms with van der Waals surface area (Å²) < 4.78 is 0. The van der Waals surface area contributed by atoms with E-state index >= 15 is 0 Å². The lowest BCUT2D eigenvalue weighted by Crippen LogP contribution is -2.47. The highest BCUT2D eigenvalue weighted by atomic mass is 16.4. The molecule has 1 amide bonds. The molecule has 0 saturated carbocycles. The van der Waals surface area contributed by atoms with E-state index in [2.05, 4.69) is 24.2 Å². The molecule has 3 atom stereocenters. The smallest absolute Gasteiger partial charge is 0.303 e. The molecule has 18 heavy (non-hydrogen) atoms. The van der Waals surface area contributed by atoms with Gasteiger partial charge in [0.05, 0.1) is 0 Å². The van der Waals surface area contributed by atoms with E-state index in [1.54, 1.807) is 6.92 Å². The van der Waals surface area contributed by atoms with E-state index in [4.69, 9.17) is 5.11 Å². The van der Waals surface area contributed by atoms with E-state index in [1.807, 2.05) is 0 Å². The number of aliphatic carboxylic acids is 1. The van der Waals surface area contributed by atoms with E-state index in [-0.39, 0.29) is 24.3 Å². The fourth-order valence-corrected chi connectivity index (χ4v) is 2.39. The Morgan fingerprint density at radius 2 is 2.11 bits per heavy atom. The molecule has 5 heteroatoms. The maximum atomic E-state index is 11.8. The fourth-order valence-electron chi connectivity index (χ4n) is 2.39. The van der Waals surface area contributed by atoms with Crippen LogP contribution in [0.15, 0.2) is 0 Å². The van der Waals surface area contributed by atoms with Gasteiger partial charge in [-0.05, 0) is 32.7 Å². The zero-order valence-electron chi connectivity index (χ0n) is 11.5. The lowest BCUT2D eigenvalue weighted by molar-refractivity contribution is -0.138. The summed E-state index contributed by atoms with van der Waals surface area (Å²) in [5.41, 5.74) is 0. The normalized spacial score (nSPS) is 26.6. The number of nitrogens with one attached hydrogen (secondary N) is 1. The average Bonchev–Trinajstić information content (AvgIpc) is 2.21. The molecular weight excluding hydrogens is 232 g/mol. The predicted octanol–water partition coefficient (Wildman–Crippen LogP) is 1.09. The van der Waals surface area contributed by atoms with Crippen molar-refractivity contribution in [3.05, 3.63) is 0 Å². The second-order valence-electron chi connectivity index (χ2n) is 5.53. The highest BCUT2D eigenvalue weighted by Crippen LogP contribution is 2.16. The topological polar surface area (TPSA) is 69.6 Å². The van der Waals surface area contributed by atoms with Crippen molar-refractivity contribution in [3.8, 4) is 0 Å². The Kier molecular flexibility index (Phi) is 5.59. The van der Waals surface area contributed by atoms with Crippen LogP contribution in [0.3, 0.4) is 0 Å². The monoisotopic (exact) mass is 256 g/mol. The molecule has 5 nitrogen and oxygen atoms in total. The highest BCUT2D eigenvalue weighted by molar-refractivity contribution is 5.77. The number of rotatable bonds is 5. The van der Waals surface area contributed by atoms with Crippen LogP contribution in [0.4, 0.5) is 0 Å². The van der Waals surface area contributed by atoms with E-state index in [0.29, 0.717) is 12.5 Å². The zero-order valence-corrected chi connectivity index (χ0v) is 11.5. The molecule has 0 bridgehead atoms. The van der Waals surface area contributed by atoms with Crippen molar-refractivity contribution < 1.29 is 14.7 Å². The lowest BCUT2D eigenvalue weighted by Gasteiger charge is -2.35. The Balaban J connectivity index is 2.30. The minimum Gasteiger partial charge on any atom is -0.481 e. The molecule has 1 aliphatic heterocycles. The minimum atomic E-state index is -0.844. The summed E-state index contributed by atoms with van der Waals surface area (Å²) in [4.78, 5) is 24.6. The van der Waals surface area contributed by atoms with Crippen LogP contribution < -0.4 is 5.32 Å². The van der Waals surface area contributed by atoms with Crippen LogP contribution in [-0.4, -0.2) is 47.6 Å². The summed E-state index contributed by atoms with van der Waals surface area (Å²) >= 11 is 0. The number of carboxylic acids is 1. The van der Waals surface area contributed by atoms with Gasteiger partial charge in [-0.25, -0.2) is 0 Å². The van der Waals surface area contributed by atoms with Crippen molar-refractivity contribution in [2.45, 2.75) is 51.6 Å². The summed E-state index contributed by atoms with van der Waals surface area (Å²) in [6, 6.07) is 0.723. The third-order valence-corrected chi connectivity index (χ3v) is 3.63. The Labute approximate surface area is 109 Å². The van der Waals surface area contributed by atoms with Crippen LogP contribution in [0, 0.1) is 5.92 Å². The van der Waals surface area contributed by atoms with E-state index in [0.717, 1.165) is 19.4 Å². The zero-order chi connectivity index (χ0) is 13.7. The Bertz CT molecular complexity index is 307. The molecule has 1 aliphatic rings. The van der Waals surface area contributed by atoms with E-state index in [9.17, 15) is 9.59 Å². The Morgan fingerprint density at radius 3 is 2.67 bits per heavy atom. The van der Waals surface area contributed by atoms with Gasteiger partial charge < -0.3 is 15.3 Å². The van der Waals surface area contributed by atoms with Gasteiger partial charge in [-0.2, -0.15) is 0 Å². The molecule has 1 fully saturated rings. The molecule has 2 N–H and O–H groups in total. The van der Waals surface area contributed by atoms with Crippen LogP contribution in [-0.2, 0) is 9.59 Å². The van der Waals surface area contributed by atoms with Crippen molar-refractivity contribution in [1.29, 1.82) is 0 Å². The van der Waals surface area contributed by atoms with Gasteiger partial charge in [0, 0.05) is 31.5 Å². The second kappa shape index (κ2) is 6.73. The predicted molar refractivity (Wildman–Crippen MR) is 69.3 cm³/mol. The Hall–Kier alpha value is -1.10. The molecule has 3 unspecified atom stereocenters. The molecule has 0 aliphatic carbocycles. The molecular formula is C13H24N2O3. The summed E-state index contributed by atoms with van der Waals surface area (Å²) in [6.07, 6.45) is 2.29. The molecule has 0 radical (unpaired) electrons. The average molecular weight is 256 g/mol. The van der Waals surface area contributed by atoms with Gasteiger partial charge in [-0.1, -0.05) is 6.92 Å². The number of hydrogen-bond donors (Lipinski definition) is 2. The van der Waals surface area contributed by atoms with Crippen molar-refractivity contribution in [2.75, 3.05) is 13.6 Å². The van der Waals surface area contributed by atoms with Crippen LogP contribution in [0.25, 0.3) is 0 Å². The first kappa shape index (κ1) is 15.0. The SMILES string of the molecule is CC(CC(=O)O)CC(=O)NC1CCN(C)C(C)C1. The summed E-state index contributed by atoms with van der Waals surface area (Å²) in [5, 5.41) is 11.7. The standard InChI is InChI=1S/C13H24N2O3/c1-9(7-13(17)18)6-12(16)14-11-4-5-15(3)10(2)8-11/h9-11H,4-8H2,1-3H3,(H,14,16)(H,17,18). The third kappa shape index (κ3) is 5.04.